The molecule has 1 N–H and O–H groups in total. The number of hydrogen-bond acceptors (Lipinski definition) is 5. The molecule has 1 saturated heterocycles. The number of aromatic nitrogens is 2. The van der Waals surface area contributed by atoms with Crippen molar-refractivity contribution >= 4 is 22.9 Å². The average molecular weight is 322 g/mol. The molecule has 124 valence electrons. The number of nitrogens with zero attached hydrogens (tertiary/aromatic N) is 3. The van der Waals surface area contributed by atoms with E-state index >= 15 is 0 Å². The maximum Gasteiger partial charge on any atom is 0.295 e. The molecule has 3 aromatic rings. The van der Waals surface area contributed by atoms with Crippen LogP contribution in [0, 0.1) is 0 Å². The molecule has 1 fully saturated rings. The van der Waals surface area contributed by atoms with E-state index in [1.165, 1.54) is 31.2 Å². The standard InChI is InChI=1S/C19H22N4O/c1-2-6-12-23(11-5-1)18-13-15(9-10-20-18)14-21-19-22-16-7-3-4-8-17(16)24-19/h3-4,7-10,13H,1-2,5-6,11-12,14H2,(H,21,22). The fourth-order valence-corrected chi connectivity index (χ4v) is 3.17. The van der Waals surface area contributed by atoms with Crippen LogP contribution in [0.25, 0.3) is 11.1 Å². The lowest BCUT2D eigenvalue weighted by atomic mass is 10.2. The summed E-state index contributed by atoms with van der Waals surface area (Å²) in [5, 5.41) is 3.27. The highest BCUT2D eigenvalue weighted by molar-refractivity contribution is 5.74. The molecule has 0 spiro atoms. The first-order chi connectivity index (χ1) is 11.9. The monoisotopic (exact) mass is 322 g/mol. The van der Waals surface area contributed by atoms with Gasteiger partial charge in [0.05, 0.1) is 0 Å². The third-order valence-corrected chi connectivity index (χ3v) is 4.48. The molecule has 3 heterocycles. The van der Waals surface area contributed by atoms with Crippen molar-refractivity contribution in [3.8, 4) is 0 Å². The number of hydrogen-bond donors (Lipinski definition) is 1. The number of fused-ring (bicyclic) bond motifs is 1. The Morgan fingerprint density at radius 1 is 1.04 bits per heavy atom. The highest BCUT2D eigenvalue weighted by Gasteiger charge is 2.11. The number of rotatable bonds is 4. The molecule has 0 atom stereocenters. The molecule has 0 bridgehead atoms. The average Bonchev–Trinajstić information content (AvgIpc) is 2.84. The number of anilines is 2. The summed E-state index contributed by atoms with van der Waals surface area (Å²) in [7, 11) is 0. The molecule has 5 nitrogen and oxygen atoms in total. The van der Waals surface area contributed by atoms with E-state index in [1.54, 1.807) is 0 Å². The Morgan fingerprint density at radius 3 is 2.71 bits per heavy atom. The van der Waals surface area contributed by atoms with Crippen molar-refractivity contribution in [3.63, 3.8) is 0 Å². The van der Waals surface area contributed by atoms with Crippen molar-refractivity contribution < 1.29 is 4.42 Å². The molecule has 0 saturated carbocycles. The van der Waals surface area contributed by atoms with Crippen LogP contribution in [0.1, 0.15) is 31.2 Å². The highest BCUT2D eigenvalue weighted by atomic mass is 16.4. The Morgan fingerprint density at radius 2 is 1.88 bits per heavy atom. The Labute approximate surface area is 141 Å². The van der Waals surface area contributed by atoms with E-state index in [9.17, 15) is 0 Å². The first-order valence-corrected chi connectivity index (χ1v) is 8.68. The van der Waals surface area contributed by atoms with Gasteiger partial charge in [0, 0.05) is 25.8 Å². The van der Waals surface area contributed by atoms with Gasteiger partial charge >= 0.3 is 0 Å². The number of nitrogens with one attached hydrogen (secondary N) is 1. The molecule has 24 heavy (non-hydrogen) atoms. The van der Waals surface area contributed by atoms with Crippen LogP contribution in [-0.4, -0.2) is 23.1 Å². The van der Waals surface area contributed by atoms with Crippen LogP contribution in [0.2, 0.25) is 0 Å². The first kappa shape index (κ1) is 15.0. The van der Waals surface area contributed by atoms with Gasteiger partial charge in [0.25, 0.3) is 6.01 Å². The van der Waals surface area contributed by atoms with Crippen LogP contribution in [0.3, 0.4) is 0 Å². The van der Waals surface area contributed by atoms with Crippen LogP contribution in [0.4, 0.5) is 11.8 Å². The highest BCUT2D eigenvalue weighted by Crippen LogP contribution is 2.21. The van der Waals surface area contributed by atoms with Crippen LogP contribution >= 0.6 is 0 Å². The first-order valence-electron chi connectivity index (χ1n) is 8.68. The van der Waals surface area contributed by atoms with E-state index in [4.69, 9.17) is 4.42 Å². The Balaban J connectivity index is 1.45. The minimum Gasteiger partial charge on any atom is -0.424 e. The van der Waals surface area contributed by atoms with Crippen LogP contribution < -0.4 is 10.2 Å². The lowest BCUT2D eigenvalue weighted by molar-refractivity contribution is 0.614. The van der Waals surface area contributed by atoms with Crippen LogP contribution in [0.5, 0.6) is 0 Å². The molecular formula is C19H22N4O. The summed E-state index contributed by atoms with van der Waals surface area (Å²) in [5.74, 6) is 1.08. The number of pyridine rings is 1. The lowest BCUT2D eigenvalue weighted by Gasteiger charge is -2.21. The number of benzene rings is 1. The smallest absolute Gasteiger partial charge is 0.295 e. The molecule has 1 aliphatic rings. The summed E-state index contributed by atoms with van der Waals surface area (Å²) in [5.41, 5.74) is 2.87. The maximum atomic E-state index is 5.70. The van der Waals surface area contributed by atoms with E-state index in [2.05, 4.69) is 26.3 Å². The summed E-state index contributed by atoms with van der Waals surface area (Å²) in [6, 6.07) is 12.6. The van der Waals surface area contributed by atoms with E-state index in [0.29, 0.717) is 12.6 Å². The van der Waals surface area contributed by atoms with Crippen molar-refractivity contribution in [2.45, 2.75) is 32.2 Å². The van der Waals surface area contributed by atoms with Gasteiger partial charge in [-0.25, -0.2) is 4.98 Å². The van der Waals surface area contributed by atoms with E-state index in [0.717, 1.165) is 30.0 Å². The molecule has 0 aliphatic carbocycles. The second-order valence-corrected chi connectivity index (χ2v) is 6.26. The third kappa shape index (κ3) is 3.35. The summed E-state index contributed by atoms with van der Waals surface area (Å²) < 4.78 is 5.70. The van der Waals surface area contributed by atoms with Crippen LogP contribution in [-0.2, 0) is 6.54 Å². The topological polar surface area (TPSA) is 54.2 Å². The van der Waals surface area contributed by atoms with E-state index in [1.807, 2.05) is 36.5 Å². The zero-order chi connectivity index (χ0) is 16.2. The van der Waals surface area contributed by atoms with Crippen molar-refractivity contribution in [1.82, 2.24) is 9.97 Å². The number of oxazole rings is 1. The van der Waals surface area contributed by atoms with Gasteiger partial charge < -0.3 is 14.6 Å². The quantitative estimate of drug-likeness (QED) is 0.779. The second-order valence-electron chi connectivity index (χ2n) is 6.26. The minimum atomic E-state index is 0.560. The molecule has 0 radical (unpaired) electrons. The van der Waals surface area contributed by atoms with Gasteiger partial charge in [0.15, 0.2) is 5.58 Å². The fourth-order valence-electron chi connectivity index (χ4n) is 3.17. The predicted octanol–water partition coefficient (Wildman–Crippen LogP) is 4.22. The molecule has 2 aromatic heterocycles. The Hall–Kier alpha value is -2.56. The molecule has 4 rings (SSSR count). The largest absolute Gasteiger partial charge is 0.424 e. The summed E-state index contributed by atoms with van der Waals surface area (Å²) in [6.45, 7) is 2.89. The zero-order valence-electron chi connectivity index (χ0n) is 13.7. The molecule has 5 heteroatoms. The van der Waals surface area contributed by atoms with E-state index in [-0.39, 0.29) is 0 Å². The van der Waals surface area contributed by atoms with Gasteiger partial charge in [-0.15, -0.1) is 0 Å². The molecule has 0 amide bonds. The molecule has 1 aliphatic heterocycles. The molecule has 0 unspecified atom stereocenters. The van der Waals surface area contributed by atoms with Crippen molar-refractivity contribution in [2.75, 3.05) is 23.3 Å². The summed E-state index contributed by atoms with van der Waals surface area (Å²) in [6.07, 6.45) is 7.06. The summed E-state index contributed by atoms with van der Waals surface area (Å²) in [4.78, 5) is 11.4. The summed E-state index contributed by atoms with van der Waals surface area (Å²) >= 11 is 0. The molecular weight excluding hydrogens is 300 g/mol. The van der Waals surface area contributed by atoms with Crippen molar-refractivity contribution in [1.29, 1.82) is 0 Å². The Bertz CT molecular complexity index is 773. The normalized spacial score (nSPS) is 15.4. The third-order valence-electron chi connectivity index (χ3n) is 4.48. The van der Waals surface area contributed by atoms with Gasteiger partial charge in [0.1, 0.15) is 11.3 Å². The van der Waals surface area contributed by atoms with E-state index < -0.39 is 0 Å². The fraction of sp³-hybridized carbons (Fsp3) is 0.368. The predicted molar refractivity (Wildman–Crippen MR) is 96.3 cm³/mol. The number of para-hydroxylation sites is 2. The lowest BCUT2D eigenvalue weighted by Crippen LogP contribution is -2.25. The van der Waals surface area contributed by atoms with Gasteiger partial charge in [-0.2, -0.15) is 4.98 Å². The maximum absolute atomic E-state index is 5.70. The zero-order valence-corrected chi connectivity index (χ0v) is 13.7. The van der Waals surface area contributed by atoms with Gasteiger partial charge in [0.2, 0.25) is 0 Å². The SMILES string of the molecule is c1ccc2oc(NCc3ccnc(N4CCCCCC4)c3)nc2c1. The van der Waals surface area contributed by atoms with Gasteiger partial charge in [-0.1, -0.05) is 25.0 Å². The Kier molecular flexibility index (Phi) is 4.32. The van der Waals surface area contributed by atoms with Crippen molar-refractivity contribution in [3.05, 3.63) is 48.2 Å². The second kappa shape index (κ2) is 6.91. The van der Waals surface area contributed by atoms with Crippen LogP contribution in [0.15, 0.2) is 47.0 Å². The minimum absolute atomic E-state index is 0.560. The van der Waals surface area contributed by atoms with Gasteiger partial charge in [-0.05, 0) is 42.7 Å². The van der Waals surface area contributed by atoms with Crippen molar-refractivity contribution in [2.24, 2.45) is 0 Å². The van der Waals surface area contributed by atoms with Gasteiger partial charge in [-0.3, -0.25) is 0 Å². The molecule has 1 aromatic carbocycles.